The van der Waals surface area contributed by atoms with Crippen molar-refractivity contribution in [1.29, 1.82) is 0 Å². The Morgan fingerprint density at radius 3 is 2.28 bits per heavy atom. The van der Waals surface area contributed by atoms with Crippen LogP contribution in [0.3, 0.4) is 0 Å². The van der Waals surface area contributed by atoms with Gasteiger partial charge in [0.1, 0.15) is 11.3 Å². The number of rotatable bonds is 10. The number of amides is 3. The Morgan fingerprint density at radius 2 is 1.67 bits per heavy atom. The van der Waals surface area contributed by atoms with Crippen LogP contribution >= 0.6 is 23.7 Å². The van der Waals surface area contributed by atoms with E-state index in [0.717, 1.165) is 23.3 Å². The Bertz CT molecular complexity index is 1210. The van der Waals surface area contributed by atoms with Gasteiger partial charge in [-0.25, -0.2) is 4.98 Å². The lowest BCUT2D eigenvalue weighted by Crippen LogP contribution is -2.39. The second kappa shape index (κ2) is 12.3. The lowest BCUT2D eigenvalue weighted by Gasteiger charge is -2.25. The van der Waals surface area contributed by atoms with E-state index in [0.29, 0.717) is 41.8 Å². The first-order valence-corrected chi connectivity index (χ1v) is 12.8. The highest BCUT2D eigenvalue weighted by Crippen LogP contribution is 2.35. The first kappa shape index (κ1) is 27.6. The van der Waals surface area contributed by atoms with E-state index in [1.54, 1.807) is 29.2 Å². The quantitative estimate of drug-likeness (QED) is 0.351. The number of fused-ring (bicyclic) bond motifs is 1. The zero-order chi connectivity index (χ0) is 24.9. The lowest BCUT2D eigenvalue weighted by molar-refractivity contribution is -0.121. The molecule has 36 heavy (non-hydrogen) atoms. The molecule has 0 saturated carbocycles. The Labute approximate surface area is 221 Å². The van der Waals surface area contributed by atoms with Gasteiger partial charge in [-0.15, -0.1) is 12.4 Å². The standard InChI is InChI=1S/C26H30N4O4S.ClH/c1-4-28(5-2)16-17-29(26-27-24-20(34-6-3)8-7-9-21(24)35-26)25(33)18-10-12-19(13-11-18)30-22(31)14-15-23(30)32;/h7-13H,4-6,14-17H2,1-3H3;1H. The number of thiazole rings is 1. The lowest BCUT2D eigenvalue weighted by atomic mass is 10.1. The number of carbonyl (C=O) groups excluding carboxylic acids is 3. The summed E-state index contributed by atoms with van der Waals surface area (Å²) in [6.07, 6.45) is 0.444. The molecule has 0 N–H and O–H groups in total. The minimum Gasteiger partial charge on any atom is -0.492 e. The Morgan fingerprint density at radius 1 is 1.00 bits per heavy atom. The molecule has 0 aliphatic carbocycles. The molecular weight excluding hydrogens is 500 g/mol. The van der Waals surface area contributed by atoms with Crippen LogP contribution in [0, 0.1) is 0 Å². The molecule has 8 nitrogen and oxygen atoms in total. The Balaban J connectivity index is 0.00000361. The van der Waals surface area contributed by atoms with Crippen molar-refractivity contribution in [2.75, 3.05) is 42.6 Å². The van der Waals surface area contributed by atoms with E-state index >= 15 is 0 Å². The van der Waals surface area contributed by atoms with E-state index < -0.39 is 0 Å². The van der Waals surface area contributed by atoms with Crippen LogP contribution in [-0.4, -0.2) is 60.4 Å². The summed E-state index contributed by atoms with van der Waals surface area (Å²) in [5.74, 6) is 0.0942. The van der Waals surface area contributed by atoms with E-state index in [1.807, 2.05) is 25.1 Å². The van der Waals surface area contributed by atoms with Gasteiger partial charge >= 0.3 is 0 Å². The van der Waals surface area contributed by atoms with Crippen LogP contribution < -0.4 is 14.5 Å². The number of imide groups is 1. The highest BCUT2D eigenvalue weighted by atomic mass is 35.5. The summed E-state index contributed by atoms with van der Waals surface area (Å²) >= 11 is 1.46. The smallest absolute Gasteiger partial charge is 0.260 e. The molecule has 0 spiro atoms. The van der Waals surface area contributed by atoms with Crippen molar-refractivity contribution in [3.05, 3.63) is 48.0 Å². The van der Waals surface area contributed by atoms with Gasteiger partial charge in [0.25, 0.3) is 5.91 Å². The largest absolute Gasteiger partial charge is 0.492 e. The molecule has 192 valence electrons. The SMILES string of the molecule is CCOc1cccc2sc(N(CCN(CC)CC)C(=O)c3ccc(N4C(=O)CCC4=O)cc3)nc12.Cl. The molecule has 0 bridgehead atoms. The molecule has 2 heterocycles. The van der Waals surface area contributed by atoms with E-state index in [1.165, 1.54) is 16.2 Å². The van der Waals surface area contributed by atoms with E-state index in [9.17, 15) is 14.4 Å². The van der Waals surface area contributed by atoms with Crippen LogP contribution in [0.5, 0.6) is 5.75 Å². The van der Waals surface area contributed by atoms with Crippen LogP contribution in [-0.2, 0) is 9.59 Å². The number of benzene rings is 2. The molecule has 1 aliphatic rings. The maximum absolute atomic E-state index is 13.7. The third-order valence-corrected chi connectivity index (χ3v) is 7.15. The average molecular weight is 531 g/mol. The molecule has 1 fully saturated rings. The van der Waals surface area contributed by atoms with Gasteiger partial charge in [0, 0.05) is 31.5 Å². The number of aromatic nitrogens is 1. The fraction of sp³-hybridized carbons (Fsp3) is 0.385. The first-order valence-electron chi connectivity index (χ1n) is 12.0. The van der Waals surface area contributed by atoms with Crippen molar-refractivity contribution in [1.82, 2.24) is 9.88 Å². The predicted octanol–water partition coefficient (Wildman–Crippen LogP) is 4.76. The first-order chi connectivity index (χ1) is 17.0. The Kier molecular flexibility index (Phi) is 9.42. The van der Waals surface area contributed by atoms with Gasteiger partial charge in [0.15, 0.2) is 5.13 Å². The monoisotopic (exact) mass is 530 g/mol. The van der Waals surface area contributed by atoms with Gasteiger partial charge in [0.2, 0.25) is 11.8 Å². The summed E-state index contributed by atoms with van der Waals surface area (Å²) in [6.45, 7) is 9.63. The van der Waals surface area contributed by atoms with Crippen LogP contribution in [0.1, 0.15) is 44.0 Å². The van der Waals surface area contributed by atoms with Crippen molar-refractivity contribution < 1.29 is 19.1 Å². The summed E-state index contributed by atoms with van der Waals surface area (Å²) < 4.78 is 6.69. The number of nitrogens with zero attached hydrogens (tertiary/aromatic N) is 4. The second-order valence-corrected chi connectivity index (χ2v) is 9.19. The molecule has 10 heteroatoms. The Hall–Kier alpha value is -3.01. The molecule has 1 saturated heterocycles. The highest BCUT2D eigenvalue weighted by Gasteiger charge is 2.30. The van der Waals surface area contributed by atoms with Gasteiger partial charge in [0.05, 0.1) is 17.0 Å². The van der Waals surface area contributed by atoms with Gasteiger partial charge in [-0.3, -0.25) is 24.2 Å². The zero-order valence-corrected chi connectivity index (χ0v) is 22.4. The van der Waals surface area contributed by atoms with Crippen LogP contribution in [0.4, 0.5) is 10.8 Å². The summed E-state index contributed by atoms with van der Waals surface area (Å²) in [5.41, 5.74) is 1.71. The normalized spacial score (nSPS) is 13.4. The van der Waals surface area contributed by atoms with Crippen LogP contribution in [0.2, 0.25) is 0 Å². The van der Waals surface area contributed by atoms with Crippen molar-refractivity contribution in [2.45, 2.75) is 33.6 Å². The van der Waals surface area contributed by atoms with E-state index in [-0.39, 0.29) is 43.0 Å². The van der Waals surface area contributed by atoms with Crippen LogP contribution in [0.15, 0.2) is 42.5 Å². The second-order valence-electron chi connectivity index (χ2n) is 8.19. The number of hydrogen-bond donors (Lipinski definition) is 0. The van der Waals surface area contributed by atoms with Crippen molar-refractivity contribution in [3.63, 3.8) is 0 Å². The van der Waals surface area contributed by atoms with Gasteiger partial charge in [-0.05, 0) is 56.4 Å². The molecular formula is C26H31ClN4O4S. The molecule has 4 rings (SSSR count). The molecule has 2 aromatic carbocycles. The van der Waals surface area contributed by atoms with Gasteiger partial charge in [-0.1, -0.05) is 31.3 Å². The van der Waals surface area contributed by atoms with Crippen LogP contribution in [0.25, 0.3) is 10.2 Å². The fourth-order valence-electron chi connectivity index (χ4n) is 4.14. The van der Waals surface area contributed by atoms with Gasteiger partial charge in [-0.2, -0.15) is 0 Å². The fourth-order valence-corrected chi connectivity index (χ4v) is 5.15. The molecule has 0 atom stereocenters. The molecule has 1 aliphatic heterocycles. The predicted molar refractivity (Wildman–Crippen MR) is 146 cm³/mol. The molecule has 3 amide bonds. The molecule has 1 aromatic heterocycles. The number of ether oxygens (including phenoxy) is 1. The summed E-state index contributed by atoms with van der Waals surface area (Å²) in [6, 6.07) is 12.4. The van der Waals surface area contributed by atoms with E-state index in [2.05, 4.69) is 18.7 Å². The number of para-hydroxylation sites is 1. The molecule has 0 radical (unpaired) electrons. The average Bonchev–Trinajstić information content (AvgIpc) is 3.45. The number of carbonyl (C=O) groups is 3. The van der Waals surface area contributed by atoms with Gasteiger partial charge < -0.3 is 9.64 Å². The molecule has 0 unspecified atom stereocenters. The number of likely N-dealkylation sites (N-methyl/N-ethyl adjacent to an activating group) is 1. The third kappa shape index (κ3) is 5.69. The maximum atomic E-state index is 13.7. The topological polar surface area (TPSA) is 83.0 Å². The van der Waals surface area contributed by atoms with Crippen molar-refractivity contribution in [2.24, 2.45) is 0 Å². The minimum atomic E-state index is -0.213. The van der Waals surface area contributed by atoms with Crippen molar-refractivity contribution >= 4 is 62.5 Å². The summed E-state index contributed by atoms with van der Waals surface area (Å²) in [7, 11) is 0. The zero-order valence-electron chi connectivity index (χ0n) is 20.7. The van der Waals surface area contributed by atoms with E-state index in [4.69, 9.17) is 9.72 Å². The highest BCUT2D eigenvalue weighted by molar-refractivity contribution is 7.22. The number of anilines is 2. The maximum Gasteiger partial charge on any atom is 0.260 e. The summed E-state index contributed by atoms with van der Waals surface area (Å²) in [5, 5.41) is 0.610. The van der Waals surface area contributed by atoms with Crippen molar-refractivity contribution in [3.8, 4) is 5.75 Å². The minimum absolute atomic E-state index is 0. The summed E-state index contributed by atoms with van der Waals surface area (Å²) in [4.78, 5) is 47.8. The number of halogens is 1. The third-order valence-electron chi connectivity index (χ3n) is 6.10. The number of hydrogen-bond acceptors (Lipinski definition) is 7. The molecule has 3 aromatic rings.